The molecule has 0 radical (unpaired) electrons. The lowest BCUT2D eigenvalue weighted by molar-refractivity contribution is -0.0837. The van der Waals surface area contributed by atoms with E-state index in [0.717, 1.165) is 27.6 Å². The van der Waals surface area contributed by atoms with Gasteiger partial charge in [-0.3, -0.25) is 0 Å². The molecule has 5 nitrogen and oxygen atoms in total. The second kappa shape index (κ2) is 6.36. The zero-order valence-electron chi connectivity index (χ0n) is 12.0. The average molecular weight is 329 g/mol. The minimum Gasteiger partial charge on any atom is -0.494 e. The number of ether oxygens (including phenoxy) is 3. The summed E-state index contributed by atoms with van der Waals surface area (Å²) < 4.78 is 17.4. The molecule has 2 heterocycles. The van der Waals surface area contributed by atoms with Gasteiger partial charge in [-0.25, -0.2) is 4.98 Å². The Kier molecular flexibility index (Phi) is 4.49. The lowest BCUT2D eigenvalue weighted by atomic mass is 10.3. The first-order valence-electron chi connectivity index (χ1n) is 6.72. The SMILES string of the molecule is COc1ccc(Cl)c2sc(N(C)CC3COCCO3)nc12. The quantitative estimate of drug-likeness (QED) is 0.863. The van der Waals surface area contributed by atoms with Crippen LogP contribution >= 0.6 is 22.9 Å². The lowest BCUT2D eigenvalue weighted by Gasteiger charge is -2.27. The molecule has 0 saturated carbocycles. The van der Waals surface area contributed by atoms with Gasteiger partial charge in [0, 0.05) is 13.6 Å². The molecule has 1 aromatic carbocycles. The monoisotopic (exact) mass is 328 g/mol. The van der Waals surface area contributed by atoms with Gasteiger partial charge >= 0.3 is 0 Å². The topological polar surface area (TPSA) is 43.8 Å². The van der Waals surface area contributed by atoms with E-state index in [1.807, 2.05) is 19.2 Å². The third-order valence-electron chi connectivity index (χ3n) is 3.36. The first-order valence-corrected chi connectivity index (χ1v) is 7.92. The molecule has 21 heavy (non-hydrogen) atoms. The minimum atomic E-state index is 0.0770. The van der Waals surface area contributed by atoms with Gasteiger partial charge in [-0.1, -0.05) is 22.9 Å². The number of hydrogen-bond donors (Lipinski definition) is 0. The van der Waals surface area contributed by atoms with Crippen LogP contribution in [0.5, 0.6) is 5.75 Å². The Morgan fingerprint density at radius 3 is 3.05 bits per heavy atom. The number of halogens is 1. The highest BCUT2D eigenvalue weighted by Gasteiger charge is 2.20. The molecule has 2 aromatic rings. The molecule has 7 heteroatoms. The number of methoxy groups -OCH3 is 1. The third-order valence-corrected chi connectivity index (χ3v) is 4.99. The standard InChI is InChI=1S/C14H17ClN2O3S/c1-17(7-9-8-19-5-6-20-9)14-16-12-11(18-2)4-3-10(15)13(12)21-14/h3-4,9H,5-8H2,1-2H3. The summed E-state index contributed by atoms with van der Waals surface area (Å²) in [6.45, 7) is 2.69. The zero-order chi connectivity index (χ0) is 14.8. The molecule has 1 atom stereocenters. The maximum Gasteiger partial charge on any atom is 0.186 e. The molecule has 0 N–H and O–H groups in total. The smallest absolute Gasteiger partial charge is 0.186 e. The Bertz CT molecular complexity index is 628. The Labute approximate surface area is 132 Å². The molecule has 114 valence electrons. The lowest BCUT2D eigenvalue weighted by Crippen LogP contribution is -2.38. The highest BCUT2D eigenvalue weighted by atomic mass is 35.5. The number of benzene rings is 1. The van der Waals surface area contributed by atoms with Crippen molar-refractivity contribution in [3.05, 3.63) is 17.2 Å². The van der Waals surface area contributed by atoms with Gasteiger partial charge < -0.3 is 19.1 Å². The molecule has 1 aliphatic rings. The van der Waals surface area contributed by atoms with Gasteiger partial charge in [-0.15, -0.1) is 0 Å². The Balaban J connectivity index is 1.84. The predicted molar refractivity (Wildman–Crippen MR) is 85.0 cm³/mol. The number of fused-ring (bicyclic) bond motifs is 1. The van der Waals surface area contributed by atoms with E-state index in [-0.39, 0.29) is 6.10 Å². The van der Waals surface area contributed by atoms with Crippen molar-refractivity contribution < 1.29 is 14.2 Å². The molecule has 1 fully saturated rings. The average Bonchev–Trinajstić information content (AvgIpc) is 2.95. The Morgan fingerprint density at radius 1 is 1.48 bits per heavy atom. The first kappa shape index (κ1) is 14.8. The summed E-state index contributed by atoms with van der Waals surface area (Å²) in [4.78, 5) is 6.72. The second-order valence-corrected chi connectivity index (χ2v) is 6.26. The van der Waals surface area contributed by atoms with Gasteiger partial charge in [0.05, 0.1) is 42.8 Å². The fraction of sp³-hybridized carbons (Fsp3) is 0.500. The maximum atomic E-state index is 6.25. The summed E-state index contributed by atoms with van der Waals surface area (Å²) in [5.41, 5.74) is 0.803. The van der Waals surface area contributed by atoms with E-state index in [0.29, 0.717) is 24.8 Å². The van der Waals surface area contributed by atoms with Crippen molar-refractivity contribution in [1.82, 2.24) is 4.98 Å². The van der Waals surface area contributed by atoms with E-state index in [4.69, 9.17) is 25.8 Å². The molecule has 0 bridgehead atoms. The molecular formula is C14H17ClN2O3S. The van der Waals surface area contributed by atoms with Crippen LogP contribution in [0, 0.1) is 0 Å². The molecule has 1 aromatic heterocycles. The van der Waals surface area contributed by atoms with E-state index in [2.05, 4.69) is 9.88 Å². The fourth-order valence-electron chi connectivity index (χ4n) is 2.29. The summed E-state index contributed by atoms with van der Waals surface area (Å²) in [7, 11) is 3.63. The minimum absolute atomic E-state index is 0.0770. The molecule has 3 rings (SSSR count). The van der Waals surface area contributed by atoms with Crippen molar-refractivity contribution in [2.75, 3.05) is 45.4 Å². The van der Waals surface area contributed by atoms with E-state index < -0.39 is 0 Å². The summed E-state index contributed by atoms with van der Waals surface area (Å²) in [6.07, 6.45) is 0.0770. The number of thiazole rings is 1. The summed E-state index contributed by atoms with van der Waals surface area (Å²) in [6, 6.07) is 3.68. The van der Waals surface area contributed by atoms with E-state index in [1.165, 1.54) is 0 Å². The van der Waals surface area contributed by atoms with Crippen LogP contribution in [0.3, 0.4) is 0 Å². The molecule has 1 saturated heterocycles. The molecule has 0 aliphatic carbocycles. The zero-order valence-corrected chi connectivity index (χ0v) is 13.5. The highest BCUT2D eigenvalue weighted by molar-refractivity contribution is 7.22. The number of anilines is 1. The highest BCUT2D eigenvalue weighted by Crippen LogP contribution is 2.38. The Hall–Kier alpha value is -1.08. The molecule has 0 spiro atoms. The second-order valence-electron chi connectivity index (χ2n) is 4.87. The summed E-state index contributed by atoms with van der Waals surface area (Å²) >= 11 is 7.80. The number of nitrogens with zero attached hydrogens (tertiary/aromatic N) is 2. The van der Waals surface area contributed by atoms with Gasteiger partial charge in [0.1, 0.15) is 11.3 Å². The maximum absolute atomic E-state index is 6.25. The van der Waals surface area contributed by atoms with Crippen LogP contribution in [0.2, 0.25) is 5.02 Å². The van der Waals surface area contributed by atoms with Crippen molar-refractivity contribution in [3.8, 4) is 5.75 Å². The Morgan fingerprint density at radius 2 is 2.33 bits per heavy atom. The third kappa shape index (κ3) is 3.08. The predicted octanol–water partition coefficient (Wildman–Crippen LogP) is 2.81. The van der Waals surface area contributed by atoms with E-state index in [9.17, 15) is 0 Å². The summed E-state index contributed by atoms with van der Waals surface area (Å²) in [5.74, 6) is 0.738. The fourth-order valence-corrected chi connectivity index (χ4v) is 3.52. The van der Waals surface area contributed by atoms with Crippen molar-refractivity contribution in [2.45, 2.75) is 6.10 Å². The first-order chi connectivity index (χ1) is 10.2. The number of likely N-dealkylation sites (N-methyl/N-ethyl adjacent to an activating group) is 1. The van der Waals surface area contributed by atoms with Crippen molar-refractivity contribution in [2.24, 2.45) is 0 Å². The van der Waals surface area contributed by atoms with Crippen LogP contribution in [0.1, 0.15) is 0 Å². The molecule has 0 amide bonds. The van der Waals surface area contributed by atoms with Crippen molar-refractivity contribution in [1.29, 1.82) is 0 Å². The molecule has 1 unspecified atom stereocenters. The summed E-state index contributed by atoms with van der Waals surface area (Å²) in [5, 5.41) is 1.59. The van der Waals surface area contributed by atoms with Crippen LogP contribution in [0.4, 0.5) is 5.13 Å². The van der Waals surface area contributed by atoms with Crippen molar-refractivity contribution >= 4 is 38.3 Å². The number of hydrogen-bond acceptors (Lipinski definition) is 6. The van der Waals surface area contributed by atoms with Crippen LogP contribution in [-0.2, 0) is 9.47 Å². The van der Waals surface area contributed by atoms with Gasteiger partial charge in [-0.2, -0.15) is 0 Å². The number of rotatable bonds is 4. The van der Waals surface area contributed by atoms with Crippen molar-refractivity contribution in [3.63, 3.8) is 0 Å². The van der Waals surface area contributed by atoms with Gasteiger partial charge in [0.25, 0.3) is 0 Å². The van der Waals surface area contributed by atoms with Gasteiger partial charge in [0.15, 0.2) is 5.13 Å². The molecule has 1 aliphatic heterocycles. The van der Waals surface area contributed by atoms with E-state index >= 15 is 0 Å². The molecular weight excluding hydrogens is 312 g/mol. The van der Waals surface area contributed by atoms with Crippen LogP contribution in [0.25, 0.3) is 10.2 Å². The van der Waals surface area contributed by atoms with Crippen LogP contribution in [-0.4, -0.2) is 51.6 Å². The van der Waals surface area contributed by atoms with E-state index in [1.54, 1.807) is 18.4 Å². The normalized spacial score (nSPS) is 18.9. The van der Waals surface area contributed by atoms with Gasteiger partial charge in [0.2, 0.25) is 0 Å². The number of aromatic nitrogens is 1. The van der Waals surface area contributed by atoms with Crippen LogP contribution < -0.4 is 9.64 Å². The van der Waals surface area contributed by atoms with Crippen LogP contribution in [0.15, 0.2) is 12.1 Å². The largest absolute Gasteiger partial charge is 0.494 e. The van der Waals surface area contributed by atoms with Gasteiger partial charge in [-0.05, 0) is 12.1 Å².